The first-order valence-corrected chi connectivity index (χ1v) is 11.0. The molecule has 0 spiro atoms. The number of para-hydroxylation sites is 1. The number of nitrogens with zero attached hydrogens (tertiary/aromatic N) is 2. The Hall–Kier alpha value is -3.38. The van der Waals surface area contributed by atoms with Crippen molar-refractivity contribution < 1.29 is 4.79 Å². The molecule has 0 unspecified atom stereocenters. The summed E-state index contributed by atoms with van der Waals surface area (Å²) in [6.07, 6.45) is 0. The van der Waals surface area contributed by atoms with Gasteiger partial charge in [-0.05, 0) is 49.2 Å². The molecule has 1 heterocycles. The van der Waals surface area contributed by atoms with Crippen molar-refractivity contribution >= 4 is 34.3 Å². The van der Waals surface area contributed by atoms with Crippen LogP contribution in [0.1, 0.15) is 16.7 Å². The van der Waals surface area contributed by atoms with Crippen molar-refractivity contribution in [1.82, 2.24) is 9.55 Å². The van der Waals surface area contributed by atoms with Gasteiger partial charge in [-0.25, -0.2) is 4.98 Å². The maximum atomic E-state index is 13.2. The van der Waals surface area contributed by atoms with Crippen LogP contribution in [0.25, 0.3) is 10.9 Å². The topological polar surface area (TPSA) is 64.0 Å². The minimum absolute atomic E-state index is 0.104. The molecule has 0 aliphatic heterocycles. The van der Waals surface area contributed by atoms with Crippen molar-refractivity contribution in [2.75, 3.05) is 11.1 Å². The van der Waals surface area contributed by atoms with Crippen molar-refractivity contribution in [2.45, 2.75) is 25.5 Å². The Labute approximate surface area is 185 Å². The molecule has 0 fully saturated rings. The molecule has 1 aromatic heterocycles. The third kappa shape index (κ3) is 5.03. The standard InChI is InChI=1S/C25H23N3O2S/c1-17-10-12-19(13-11-17)15-28-24(30)21-8-3-4-9-22(21)27-25(28)31-16-23(29)26-20-7-5-6-18(2)14-20/h3-14H,15-16H2,1-2H3,(H,26,29). The number of carbonyl (C=O) groups is 1. The van der Waals surface area contributed by atoms with Crippen LogP contribution in [0.15, 0.2) is 82.7 Å². The van der Waals surface area contributed by atoms with E-state index in [1.807, 2.05) is 80.6 Å². The summed E-state index contributed by atoms with van der Waals surface area (Å²) in [5, 5.41) is 4.01. The summed E-state index contributed by atoms with van der Waals surface area (Å²) in [5.41, 5.74) is 4.54. The number of amides is 1. The first-order chi connectivity index (χ1) is 15.0. The Morgan fingerprint density at radius 1 is 0.968 bits per heavy atom. The molecule has 3 aromatic carbocycles. The molecule has 156 valence electrons. The van der Waals surface area contributed by atoms with Gasteiger partial charge < -0.3 is 5.32 Å². The zero-order chi connectivity index (χ0) is 21.8. The fraction of sp³-hybridized carbons (Fsp3) is 0.160. The van der Waals surface area contributed by atoms with Gasteiger partial charge in [0.2, 0.25) is 5.91 Å². The molecule has 4 rings (SSSR count). The van der Waals surface area contributed by atoms with E-state index in [9.17, 15) is 9.59 Å². The molecule has 0 radical (unpaired) electrons. The second kappa shape index (κ2) is 9.18. The second-order valence-corrected chi connectivity index (χ2v) is 8.44. The highest BCUT2D eigenvalue weighted by Crippen LogP contribution is 2.20. The Bertz CT molecular complexity index is 1300. The number of benzene rings is 3. The summed E-state index contributed by atoms with van der Waals surface area (Å²) >= 11 is 1.27. The lowest BCUT2D eigenvalue weighted by molar-refractivity contribution is -0.113. The number of anilines is 1. The van der Waals surface area contributed by atoms with Crippen molar-refractivity contribution in [1.29, 1.82) is 0 Å². The molecule has 1 N–H and O–H groups in total. The van der Waals surface area contributed by atoms with Crippen molar-refractivity contribution in [3.05, 3.63) is 99.8 Å². The van der Waals surface area contributed by atoms with Crippen LogP contribution in [0, 0.1) is 13.8 Å². The molecule has 0 saturated carbocycles. The highest BCUT2D eigenvalue weighted by Gasteiger charge is 2.14. The van der Waals surface area contributed by atoms with E-state index in [1.165, 1.54) is 11.8 Å². The van der Waals surface area contributed by atoms with Crippen LogP contribution in [0.4, 0.5) is 5.69 Å². The third-order valence-corrected chi connectivity index (χ3v) is 5.90. The summed E-state index contributed by atoms with van der Waals surface area (Å²) in [6, 6.07) is 23.0. The van der Waals surface area contributed by atoms with Gasteiger partial charge in [0.1, 0.15) is 0 Å². The molecular formula is C25H23N3O2S. The van der Waals surface area contributed by atoms with Crippen molar-refractivity contribution in [2.24, 2.45) is 0 Å². The van der Waals surface area contributed by atoms with Crippen LogP contribution >= 0.6 is 11.8 Å². The SMILES string of the molecule is Cc1ccc(Cn2c(SCC(=O)Nc3cccc(C)c3)nc3ccccc3c2=O)cc1. The van der Waals surface area contributed by atoms with E-state index in [2.05, 4.69) is 10.3 Å². The molecule has 31 heavy (non-hydrogen) atoms. The molecule has 1 amide bonds. The van der Waals surface area contributed by atoms with Gasteiger partial charge in [-0.3, -0.25) is 14.2 Å². The average molecular weight is 430 g/mol. The van der Waals surface area contributed by atoms with E-state index in [4.69, 9.17) is 0 Å². The van der Waals surface area contributed by atoms with Gasteiger partial charge in [0.05, 0.1) is 23.2 Å². The first-order valence-electron chi connectivity index (χ1n) is 10.0. The normalized spacial score (nSPS) is 10.9. The molecule has 6 heteroatoms. The van der Waals surface area contributed by atoms with Crippen LogP contribution in [0.3, 0.4) is 0 Å². The summed E-state index contributed by atoms with van der Waals surface area (Å²) in [7, 11) is 0. The fourth-order valence-electron chi connectivity index (χ4n) is 3.32. The van der Waals surface area contributed by atoms with Gasteiger partial charge in [-0.2, -0.15) is 0 Å². The number of thioether (sulfide) groups is 1. The van der Waals surface area contributed by atoms with E-state index < -0.39 is 0 Å². The zero-order valence-corrected chi connectivity index (χ0v) is 18.3. The van der Waals surface area contributed by atoms with Crippen LogP contribution in [-0.4, -0.2) is 21.2 Å². The van der Waals surface area contributed by atoms with Gasteiger partial charge >= 0.3 is 0 Å². The predicted octanol–water partition coefficient (Wildman–Crippen LogP) is 4.79. The zero-order valence-electron chi connectivity index (χ0n) is 17.5. The van der Waals surface area contributed by atoms with Crippen LogP contribution in [0.2, 0.25) is 0 Å². The number of hydrogen-bond donors (Lipinski definition) is 1. The smallest absolute Gasteiger partial charge is 0.262 e. The van der Waals surface area contributed by atoms with Gasteiger partial charge in [0, 0.05) is 5.69 Å². The third-order valence-electron chi connectivity index (χ3n) is 4.92. The van der Waals surface area contributed by atoms with Gasteiger partial charge in [-0.1, -0.05) is 65.9 Å². The van der Waals surface area contributed by atoms with Crippen molar-refractivity contribution in [3.8, 4) is 0 Å². The highest BCUT2D eigenvalue weighted by molar-refractivity contribution is 7.99. The lowest BCUT2D eigenvalue weighted by atomic mass is 10.1. The molecular weight excluding hydrogens is 406 g/mol. The molecule has 5 nitrogen and oxygen atoms in total. The summed E-state index contributed by atoms with van der Waals surface area (Å²) in [4.78, 5) is 30.4. The Morgan fingerprint density at radius 3 is 2.52 bits per heavy atom. The molecule has 0 atom stereocenters. The van der Waals surface area contributed by atoms with Gasteiger partial charge in [0.25, 0.3) is 5.56 Å². The van der Waals surface area contributed by atoms with E-state index in [0.717, 1.165) is 22.4 Å². The second-order valence-electron chi connectivity index (χ2n) is 7.49. The van der Waals surface area contributed by atoms with E-state index in [1.54, 1.807) is 10.6 Å². The molecule has 4 aromatic rings. The lowest BCUT2D eigenvalue weighted by Crippen LogP contribution is -2.25. The average Bonchev–Trinajstić information content (AvgIpc) is 2.76. The summed E-state index contributed by atoms with van der Waals surface area (Å²) in [5.74, 6) is 0.0204. The van der Waals surface area contributed by atoms with E-state index in [0.29, 0.717) is 22.6 Å². The molecule has 0 saturated heterocycles. The van der Waals surface area contributed by atoms with Crippen LogP contribution < -0.4 is 10.9 Å². The fourth-order valence-corrected chi connectivity index (χ4v) is 4.12. The summed E-state index contributed by atoms with van der Waals surface area (Å²) in [6.45, 7) is 4.41. The van der Waals surface area contributed by atoms with Gasteiger partial charge in [0.15, 0.2) is 5.16 Å². The monoisotopic (exact) mass is 429 g/mol. The number of rotatable bonds is 6. The van der Waals surface area contributed by atoms with Gasteiger partial charge in [-0.15, -0.1) is 0 Å². The molecule has 0 bridgehead atoms. The number of nitrogens with one attached hydrogen (secondary N) is 1. The van der Waals surface area contributed by atoms with Crippen LogP contribution in [0.5, 0.6) is 0 Å². The predicted molar refractivity (Wildman–Crippen MR) is 127 cm³/mol. The number of hydrogen-bond acceptors (Lipinski definition) is 4. The Kier molecular flexibility index (Phi) is 6.18. The maximum absolute atomic E-state index is 13.2. The number of fused-ring (bicyclic) bond motifs is 1. The Balaban J connectivity index is 1.61. The van der Waals surface area contributed by atoms with E-state index in [-0.39, 0.29) is 17.2 Å². The quantitative estimate of drug-likeness (QED) is 0.353. The molecule has 0 aliphatic carbocycles. The largest absolute Gasteiger partial charge is 0.325 e. The number of carbonyl (C=O) groups excluding carboxylic acids is 1. The minimum Gasteiger partial charge on any atom is -0.325 e. The summed E-state index contributed by atoms with van der Waals surface area (Å²) < 4.78 is 1.65. The number of aromatic nitrogens is 2. The highest BCUT2D eigenvalue weighted by atomic mass is 32.2. The number of aryl methyl sites for hydroxylation is 2. The molecule has 0 aliphatic rings. The lowest BCUT2D eigenvalue weighted by Gasteiger charge is -2.13. The maximum Gasteiger partial charge on any atom is 0.262 e. The van der Waals surface area contributed by atoms with E-state index >= 15 is 0 Å². The Morgan fingerprint density at radius 2 is 1.74 bits per heavy atom. The minimum atomic E-state index is -0.139. The van der Waals surface area contributed by atoms with Crippen LogP contribution in [-0.2, 0) is 11.3 Å². The van der Waals surface area contributed by atoms with Crippen molar-refractivity contribution in [3.63, 3.8) is 0 Å². The first kappa shape index (κ1) is 20.9.